The van der Waals surface area contributed by atoms with Crippen molar-refractivity contribution < 1.29 is 25.3 Å². The Morgan fingerprint density at radius 3 is 1.61 bits per heavy atom. The maximum absolute atomic E-state index is 12.6. The third-order valence-corrected chi connectivity index (χ3v) is 7.62. The third-order valence-electron chi connectivity index (χ3n) is 2.79. The Morgan fingerprint density at radius 2 is 1.13 bits per heavy atom. The molecular formula is C12H8Cl2O6S3. The Bertz CT molecular complexity index is 1060. The van der Waals surface area contributed by atoms with Gasteiger partial charge in [0.1, 0.15) is 9.79 Å². The Labute approximate surface area is 142 Å². The van der Waals surface area contributed by atoms with E-state index in [1.54, 1.807) is 6.07 Å². The quantitative estimate of drug-likeness (QED) is 0.711. The molecule has 0 aliphatic heterocycles. The van der Waals surface area contributed by atoms with Crippen LogP contribution in [0, 0.1) is 0 Å². The highest BCUT2D eigenvalue weighted by atomic mass is 35.7. The molecule has 0 radical (unpaired) electrons. The van der Waals surface area contributed by atoms with Crippen LogP contribution in [0.2, 0.25) is 0 Å². The van der Waals surface area contributed by atoms with E-state index in [-0.39, 0.29) is 4.90 Å². The molecule has 23 heavy (non-hydrogen) atoms. The van der Waals surface area contributed by atoms with Gasteiger partial charge in [-0.2, -0.15) is 0 Å². The van der Waals surface area contributed by atoms with Gasteiger partial charge in [0.25, 0.3) is 18.1 Å². The third kappa shape index (κ3) is 3.69. The average Bonchev–Trinajstić information content (AvgIpc) is 2.45. The monoisotopic (exact) mass is 414 g/mol. The van der Waals surface area contributed by atoms with E-state index in [0.29, 0.717) is 0 Å². The zero-order valence-electron chi connectivity index (χ0n) is 11.0. The number of sulfone groups is 1. The summed E-state index contributed by atoms with van der Waals surface area (Å²) in [4.78, 5) is -2.95. The minimum Gasteiger partial charge on any atom is -0.218 e. The van der Waals surface area contributed by atoms with E-state index in [4.69, 9.17) is 21.4 Å². The summed E-state index contributed by atoms with van der Waals surface area (Å²) in [5, 5.41) is 0. The van der Waals surface area contributed by atoms with Gasteiger partial charge in [-0.25, -0.2) is 25.3 Å². The summed E-state index contributed by atoms with van der Waals surface area (Å²) in [6, 6.07) is 9.79. The second kappa shape index (κ2) is 6.06. The van der Waals surface area contributed by atoms with Gasteiger partial charge in [0.15, 0.2) is 0 Å². The molecule has 2 rings (SSSR count). The lowest BCUT2D eigenvalue weighted by Gasteiger charge is -2.11. The highest BCUT2D eigenvalue weighted by Crippen LogP contribution is 2.35. The van der Waals surface area contributed by atoms with Crippen molar-refractivity contribution >= 4 is 49.3 Å². The fourth-order valence-corrected chi connectivity index (χ4v) is 7.11. The Kier molecular flexibility index (Phi) is 4.80. The van der Waals surface area contributed by atoms with Crippen LogP contribution in [-0.4, -0.2) is 25.3 Å². The molecule has 0 unspecified atom stereocenters. The van der Waals surface area contributed by atoms with Crippen LogP contribution in [0.1, 0.15) is 0 Å². The molecule has 0 bridgehead atoms. The van der Waals surface area contributed by atoms with E-state index in [0.717, 1.165) is 18.2 Å². The summed E-state index contributed by atoms with van der Waals surface area (Å²) in [7, 11) is -3.12. The van der Waals surface area contributed by atoms with E-state index in [1.807, 2.05) is 0 Å². The summed E-state index contributed by atoms with van der Waals surface area (Å²) in [6.45, 7) is 0. The van der Waals surface area contributed by atoms with Crippen molar-refractivity contribution in [3.8, 4) is 0 Å². The molecule has 0 saturated carbocycles. The first-order chi connectivity index (χ1) is 10.5. The van der Waals surface area contributed by atoms with Gasteiger partial charge in [0.2, 0.25) is 9.84 Å². The van der Waals surface area contributed by atoms with Gasteiger partial charge in [-0.3, -0.25) is 0 Å². The SMILES string of the molecule is O=S(=O)(Cl)c1cccc(S(=O)(=O)c2ccccc2)c1S(=O)(=O)Cl. The van der Waals surface area contributed by atoms with Gasteiger partial charge in [0.05, 0.1) is 9.79 Å². The van der Waals surface area contributed by atoms with Crippen molar-refractivity contribution in [3.05, 3.63) is 48.5 Å². The molecule has 2 aromatic carbocycles. The van der Waals surface area contributed by atoms with Crippen molar-refractivity contribution in [2.24, 2.45) is 0 Å². The lowest BCUT2D eigenvalue weighted by atomic mass is 10.4. The first-order valence-corrected chi connectivity index (χ1v) is 11.9. The van der Waals surface area contributed by atoms with Crippen molar-refractivity contribution in [3.63, 3.8) is 0 Å². The van der Waals surface area contributed by atoms with Crippen molar-refractivity contribution in [1.82, 2.24) is 0 Å². The van der Waals surface area contributed by atoms with Gasteiger partial charge >= 0.3 is 0 Å². The molecule has 0 atom stereocenters. The van der Waals surface area contributed by atoms with Crippen molar-refractivity contribution in [2.75, 3.05) is 0 Å². The van der Waals surface area contributed by atoms with Gasteiger partial charge in [0, 0.05) is 21.4 Å². The fourth-order valence-electron chi connectivity index (χ4n) is 1.87. The minimum atomic E-state index is -4.71. The number of benzene rings is 2. The topological polar surface area (TPSA) is 102 Å². The largest absolute Gasteiger partial charge is 0.263 e. The van der Waals surface area contributed by atoms with E-state index in [1.165, 1.54) is 24.3 Å². The fraction of sp³-hybridized carbons (Fsp3) is 0. The Hall–Kier alpha value is -1.13. The molecule has 0 aliphatic rings. The molecule has 0 heterocycles. The second-order valence-electron chi connectivity index (χ2n) is 4.28. The Morgan fingerprint density at radius 1 is 0.609 bits per heavy atom. The highest BCUT2D eigenvalue weighted by Gasteiger charge is 2.33. The molecule has 0 saturated heterocycles. The maximum atomic E-state index is 12.6. The van der Waals surface area contributed by atoms with Crippen LogP contribution >= 0.6 is 21.4 Å². The van der Waals surface area contributed by atoms with Crippen LogP contribution in [0.3, 0.4) is 0 Å². The van der Waals surface area contributed by atoms with Gasteiger partial charge in [-0.05, 0) is 24.3 Å². The van der Waals surface area contributed by atoms with E-state index >= 15 is 0 Å². The summed E-state index contributed by atoms with van der Waals surface area (Å²) in [5.41, 5.74) is 0. The summed E-state index contributed by atoms with van der Waals surface area (Å²) >= 11 is 0. The highest BCUT2D eigenvalue weighted by molar-refractivity contribution is 8.16. The average molecular weight is 415 g/mol. The summed E-state index contributed by atoms with van der Waals surface area (Å²) < 4.78 is 71.9. The van der Waals surface area contributed by atoms with Crippen LogP contribution < -0.4 is 0 Å². The zero-order chi connectivity index (χ0) is 17.5. The predicted molar refractivity (Wildman–Crippen MR) is 84.4 cm³/mol. The van der Waals surface area contributed by atoms with Gasteiger partial charge in [-0.1, -0.05) is 24.3 Å². The lowest BCUT2D eigenvalue weighted by Crippen LogP contribution is -2.11. The zero-order valence-corrected chi connectivity index (χ0v) is 15.0. The van der Waals surface area contributed by atoms with Crippen LogP contribution in [0.25, 0.3) is 0 Å². The molecule has 0 amide bonds. The van der Waals surface area contributed by atoms with Crippen molar-refractivity contribution in [2.45, 2.75) is 19.6 Å². The van der Waals surface area contributed by atoms with Crippen LogP contribution in [0.4, 0.5) is 0 Å². The normalized spacial score (nSPS) is 13.0. The van der Waals surface area contributed by atoms with E-state index < -0.39 is 42.6 Å². The minimum absolute atomic E-state index is 0.217. The van der Waals surface area contributed by atoms with Crippen LogP contribution in [0.5, 0.6) is 0 Å². The van der Waals surface area contributed by atoms with Crippen LogP contribution in [0.15, 0.2) is 68.1 Å². The summed E-state index contributed by atoms with van der Waals surface area (Å²) in [5.74, 6) is 0. The molecular weight excluding hydrogens is 407 g/mol. The van der Waals surface area contributed by atoms with Gasteiger partial charge in [-0.15, -0.1) is 0 Å². The first kappa shape index (κ1) is 18.2. The van der Waals surface area contributed by atoms with Crippen molar-refractivity contribution in [1.29, 1.82) is 0 Å². The van der Waals surface area contributed by atoms with Crippen LogP contribution in [-0.2, 0) is 27.9 Å². The molecule has 124 valence electrons. The molecule has 11 heteroatoms. The predicted octanol–water partition coefficient (Wildman–Crippen LogP) is 2.37. The summed E-state index contributed by atoms with van der Waals surface area (Å²) in [6.07, 6.45) is 0. The standard InChI is InChI=1S/C12H8Cl2O6S3/c13-22(17,18)11-8-4-7-10(12(11)23(14,19)20)21(15,16)9-5-2-1-3-6-9/h1-8H. The number of hydrogen-bond donors (Lipinski definition) is 0. The molecule has 0 N–H and O–H groups in total. The molecule has 0 spiro atoms. The first-order valence-electron chi connectivity index (χ1n) is 5.78. The second-order valence-corrected chi connectivity index (χ2v) is 11.2. The number of halogens is 2. The van der Waals surface area contributed by atoms with E-state index in [9.17, 15) is 25.3 Å². The number of rotatable bonds is 4. The maximum Gasteiger partial charge on any atom is 0.263 e. The Balaban J connectivity index is 2.96. The van der Waals surface area contributed by atoms with Gasteiger partial charge < -0.3 is 0 Å². The van der Waals surface area contributed by atoms with E-state index in [2.05, 4.69) is 0 Å². The smallest absolute Gasteiger partial charge is 0.218 e. The molecule has 0 fully saturated rings. The number of hydrogen-bond acceptors (Lipinski definition) is 6. The lowest BCUT2D eigenvalue weighted by molar-refractivity contribution is 0.582. The molecule has 0 aliphatic carbocycles. The molecule has 6 nitrogen and oxygen atoms in total. The molecule has 2 aromatic rings. The molecule has 0 aromatic heterocycles.